The van der Waals surface area contributed by atoms with Gasteiger partial charge in [-0.1, -0.05) is 41.6 Å². The summed E-state index contributed by atoms with van der Waals surface area (Å²) in [5.41, 5.74) is 2.91. The predicted molar refractivity (Wildman–Crippen MR) is 136 cm³/mol. The van der Waals surface area contributed by atoms with E-state index in [2.05, 4.69) is 16.8 Å². The van der Waals surface area contributed by atoms with Crippen LogP contribution in [0.15, 0.2) is 74.2 Å². The highest BCUT2D eigenvalue weighted by Gasteiger charge is 2.22. The van der Waals surface area contributed by atoms with Gasteiger partial charge in [0.15, 0.2) is 5.16 Å². The molecule has 1 atom stereocenters. The Morgan fingerprint density at radius 1 is 1.21 bits per heavy atom. The van der Waals surface area contributed by atoms with E-state index in [1.54, 1.807) is 22.0 Å². The molecule has 4 aromatic heterocycles. The smallest absolute Gasteiger partial charge is 0.263 e. The highest BCUT2D eigenvalue weighted by Crippen LogP contribution is 2.38. The predicted octanol–water partition coefficient (Wildman–Crippen LogP) is 6.58. The van der Waals surface area contributed by atoms with Crippen LogP contribution in [0.4, 0.5) is 0 Å². The van der Waals surface area contributed by atoms with Crippen LogP contribution in [0.2, 0.25) is 0 Å². The Balaban J connectivity index is 1.49. The molecule has 6 nitrogen and oxygen atoms in total. The van der Waals surface area contributed by atoms with Crippen molar-refractivity contribution in [2.24, 2.45) is 0 Å². The summed E-state index contributed by atoms with van der Waals surface area (Å²) in [4.78, 5) is 20.1. The lowest BCUT2D eigenvalue weighted by atomic mass is 10.1. The molecule has 4 heterocycles. The van der Waals surface area contributed by atoms with Gasteiger partial charge in [-0.05, 0) is 37.4 Å². The number of aromatic nitrogens is 4. The lowest BCUT2D eigenvalue weighted by Gasteiger charge is -2.12. The second kappa shape index (κ2) is 9.09. The third kappa shape index (κ3) is 4.19. The van der Waals surface area contributed by atoms with E-state index in [1.807, 2.05) is 61.0 Å². The number of thiophene rings is 2. The van der Waals surface area contributed by atoms with Gasteiger partial charge in [0, 0.05) is 27.9 Å². The molecule has 5 rings (SSSR count). The Bertz CT molecular complexity index is 1480. The fraction of sp³-hybridized carbons (Fsp3) is 0.167. The highest BCUT2D eigenvalue weighted by atomic mass is 32.2. The summed E-state index contributed by atoms with van der Waals surface area (Å²) < 4.78 is 7.60. The van der Waals surface area contributed by atoms with Gasteiger partial charge in [0.05, 0.1) is 10.6 Å². The number of rotatable bonds is 7. The van der Waals surface area contributed by atoms with Gasteiger partial charge in [0.2, 0.25) is 11.8 Å². The molecule has 5 aromatic rings. The van der Waals surface area contributed by atoms with Crippen LogP contribution >= 0.6 is 34.4 Å². The van der Waals surface area contributed by atoms with Crippen molar-refractivity contribution in [3.05, 3.63) is 81.6 Å². The highest BCUT2D eigenvalue weighted by molar-refractivity contribution is 7.99. The summed E-state index contributed by atoms with van der Waals surface area (Å²) in [6.45, 7) is 8.20. The van der Waals surface area contributed by atoms with Gasteiger partial charge in [-0.25, -0.2) is 4.98 Å². The second-order valence-corrected chi connectivity index (χ2v) is 10.6. The maximum absolute atomic E-state index is 13.5. The first-order valence-corrected chi connectivity index (χ1v) is 12.9. The molecule has 0 aliphatic rings. The number of allylic oxidation sites excluding steroid dienone is 1. The molecule has 1 aromatic carbocycles. The first kappa shape index (κ1) is 21.8. The summed E-state index contributed by atoms with van der Waals surface area (Å²) in [6.07, 6.45) is 1.71. The van der Waals surface area contributed by atoms with Gasteiger partial charge in [-0.2, -0.15) is 0 Å². The molecular formula is C24H20N4O2S3. The summed E-state index contributed by atoms with van der Waals surface area (Å²) in [7, 11) is 0. The van der Waals surface area contributed by atoms with E-state index in [9.17, 15) is 4.79 Å². The fourth-order valence-electron chi connectivity index (χ4n) is 3.42. The standard InChI is InChI=1S/C24H20N4O2S3/c1-4-11-28-23(29)19-17(18-6-5-12-31-18)13-32-22(19)25-24(28)33-15(3)20-26-27-21(30-20)16-9-7-14(2)8-10-16/h4-10,12-13,15H,1,11H2,2-3H3. The number of hydrogen-bond donors (Lipinski definition) is 0. The van der Waals surface area contributed by atoms with Gasteiger partial charge < -0.3 is 4.42 Å². The van der Waals surface area contributed by atoms with Crippen LogP contribution in [-0.4, -0.2) is 19.7 Å². The lowest BCUT2D eigenvalue weighted by molar-refractivity contribution is 0.508. The van der Waals surface area contributed by atoms with Gasteiger partial charge in [-0.15, -0.1) is 39.4 Å². The van der Waals surface area contributed by atoms with Gasteiger partial charge in [-0.3, -0.25) is 9.36 Å². The third-order valence-electron chi connectivity index (χ3n) is 5.13. The van der Waals surface area contributed by atoms with Crippen molar-refractivity contribution in [1.29, 1.82) is 0 Å². The van der Waals surface area contributed by atoms with E-state index < -0.39 is 0 Å². The van der Waals surface area contributed by atoms with Crippen LogP contribution in [0, 0.1) is 6.92 Å². The zero-order chi connectivity index (χ0) is 22.9. The average Bonchev–Trinajstić information content (AvgIpc) is 3.57. The monoisotopic (exact) mass is 492 g/mol. The molecule has 0 saturated carbocycles. The van der Waals surface area contributed by atoms with Crippen molar-refractivity contribution < 1.29 is 4.42 Å². The number of hydrogen-bond acceptors (Lipinski definition) is 8. The average molecular weight is 493 g/mol. The number of fused-ring (bicyclic) bond motifs is 1. The van der Waals surface area contributed by atoms with E-state index in [0.29, 0.717) is 28.9 Å². The van der Waals surface area contributed by atoms with Crippen LogP contribution in [0.3, 0.4) is 0 Å². The number of thioether (sulfide) groups is 1. The fourth-order valence-corrected chi connectivity index (χ4v) is 6.17. The Morgan fingerprint density at radius 3 is 2.76 bits per heavy atom. The molecule has 0 bridgehead atoms. The third-order valence-corrected chi connectivity index (χ3v) is 7.98. The van der Waals surface area contributed by atoms with Crippen LogP contribution in [0.25, 0.3) is 32.1 Å². The van der Waals surface area contributed by atoms with E-state index in [1.165, 1.54) is 28.7 Å². The Hall–Kier alpha value is -3.01. The zero-order valence-electron chi connectivity index (χ0n) is 18.0. The second-order valence-electron chi connectivity index (χ2n) is 7.48. The van der Waals surface area contributed by atoms with Gasteiger partial charge >= 0.3 is 0 Å². The normalized spacial score (nSPS) is 12.3. The zero-order valence-corrected chi connectivity index (χ0v) is 20.5. The summed E-state index contributed by atoms with van der Waals surface area (Å²) >= 11 is 4.53. The number of nitrogens with zero attached hydrogens (tertiary/aromatic N) is 4. The molecule has 1 unspecified atom stereocenters. The van der Waals surface area contributed by atoms with E-state index >= 15 is 0 Å². The van der Waals surface area contributed by atoms with E-state index in [4.69, 9.17) is 9.40 Å². The van der Waals surface area contributed by atoms with Gasteiger partial charge in [0.25, 0.3) is 5.56 Å². The summed E-state index contributed by atoms with van der Waals surface area (Å²) in [5, 5.41) is 13.5. The first-order chi connectivity index (χ1) is 16.0. The summed E-state index contributed by atoms with van der Waals surface area (Å²) in [6, 6.07) is 12.0. The van der Waals surface area contributed by atoms with E-state index in [0.717, 1.165) is 20.8 Å². The topological polar surface area (TPSA) is 73.8 Å². The van der Waals surface area contributed by atoms with Crippen molar-refractivity contribution in [1.82, 2.24) is 19.7 Å². The van der Waals surface area contributed by atoms with E-state index in [-0.39, 0.29) is 10.8 Å². The van der Waals surface area contributed by atoms with Crippen LogP contribution in [-0.2, 0) is 6.54 Å². The maximum Gasteiger partial charge on any atom is 0.263 e. The van der Waals surface area contributed by atoms with Crippen LogP contribution in [0.5, 0.6) is 0 Å². The van der Waals surface area contributed by atoms with Crippen molar-refractivity contribution in [2.75, 3.05) is 0 Å². The maximum atomic E-state index is 13.5. The molecule has 33 heavy (non-hydrogen) atoms. The van der Waals surface area contributed by atoms with Crippen LogP contribution in [0.1, 0.15) is 23.6 Å². The molecule has 0 aliphatic heterocycles. The molecule has 0 radical (unpaired) electrons. The van der Waals surface area contributed by atoms with Crippen LogP contribution < -0.4 is 5.56 Å². The minimum absolute atomic E-state index is 0.0647. The number of aryl methyl sites for hydroxylation is 1. The molecule has 0 saturated heterocycles. The number of benzene rings is 1. The molecular weight excluding hydrogens is 472 g/mol. The molecule has 0 N–H and O–H groups in total. The molecule has 9 heteroatoms. The van der Waals surface area contributed by atoms with Gasteiger partial charge in [0.1, 0.15) is 4.83 Å². The van der Waals surface area contributed by atoms with Crippen molar-refractivity contribution in [2.45, 2.75) is 30.8 Å². The molecule has 0 spiro atoms. The quantitative estimate of drug-likeness (QED) is 0.145. The lowest BCUT2D eigenvalue weighted by Crippen LogP contribution is -2.22. The Morgan fingerprint density at radius 2 is 2.03 bits per heavy atom. The SMILES string of the molecule is C=CCn1c(SC(C)c2nnc(-c3ccc(C)cc3)o2)nc2scc(-c3cccs3)c2c1=O. The first-order valence-electron chi connectivity index (χ1n) is 10.3. The Labute approximate surface area is 202 Å². The van der Waals surface area contributed by atoms with Crippen molar-refractivity contribution in [3.8, 4) is 21.9 Å². The molecule has 0 amide bonds. The minimum Gasteiger partial charge on any atom is -0.419 e. The largest absolute Gasteiger partial charge is 0.419 e. The molecule has 0 fully saturated rings. The minimum atomic E-state index is -0.186. The molecule has 0 aliphatic carbocycles. The van der Waals surface area contributed by atoms with Crippen molar-refractivity contribution in [3.63, 3.8) is 0 Å². The van der Waals surface area contributed by atoms with Crippen molar-refractivity contribution >= 4 is 44.7 Å². The summed E-state index contributed by atoms with van der Waals surface area (Å²) in [5.74, 6) is 0.962. The Kier molecular flexibility index (Phi) is 6.01. The molecule has 166 valence electrons.